The SMILES string of the molecule is N#Cc1cccc(NCc2cc(Cl)ccc2[N+](=O)[O-])c1. The Morgan fingerprint density at radius 3 is 2.80 bits per heavy atom. The van der Waals surface area contributed by atoms with Crippen LogP contribution >= 0.6 is 11.6 Å². The van der Waals surface area contributed by atoms with Crippen molar-refractivity contribution >= 4 is 23.0 Å². The van der Waals surface area contributed by atoms with Gasteiger partial charge in [-0.05, 0) is 30.3 Å². The summed E-state index contributed by atoms with van der Waals surface area (Å²) in [4.78, 5) is 10.5. The van der Waals surface area contributed by atoms with Gasteiger partial charge < -0.3 is 5.32 Å². The Morgan fingerprint density at radius 1 is 1.30 bits per heavy atom. The first kappa shape index (κ1) is 13.8. The molecule has 100 valence electrons. The van der Waals surface area contributed by atoms with Crippen LogP contribution in [0.3, 0.4) is 0 Å². The molecule has 2 aromatic rings. The first-order valence-electron chi connectivity index (χ1n) is 5.77. The van der Waals surface area contributed by atoms with Crippen molar-refractivity contribution in [3.8, 4) is 6.07 Å². The lowest BCUT2D eigenvalue weighted by molar-refractivity contribution is -0.385. The maximum atomic E-state index is 10.9. The van der Waals surface area contributed by atoms with Crippen molar-refractivity contribution in [3.05, 3.63) is 68.7 Å². The highest BCUT2D eigenvalue weighted by Gasteiger charge is 2.13. The lowest BCUT2D eigenvalue weighted by atomic mass is 10.1. The summed E-state index contributed by atoms with van der Waals surface area (Å²) < 4.78 is 0. The van der Waals surface area contributed by atoms with E-state index in [1.165, 1.54) is 12.1 Å². The molecule has 20 heavy (non-hydrogen) atoms. The van der Waals surface area contributed by atoms with Crippen LogP contribution in [0.25, 0.3) is 0 Å². The molecule has 0 bridgehead atoms. The van der Waals surface area contributed by atoms with Gasteiger partial charge in [-0.1, -0.05) is 17.7 Å². The van der Waals surface area contributed by atoms with E-state index >= 15 is 0 Å². The molecule has 0 heterocycles. The number of nitro benzene ring substituents is 1. The van der Waals surface area contributed by atoms with Gasteiger partial charge in [0.05, 0.1) is 22.1 Å². The molecule has 0 radical (unpaired) electrons. The van der Waals surface area contributed by atoms with Crippen molar-refractivity contribution in [1.82, 2.24) is 0 Å². The Bertz CT molecular complexity index is 695. The summed E-state index contributed by atoms with van der Waals surface area (Å²) in [6.07, 6.45) is 0. The van der Waals surface area contributed by atoms with E-state index in [9.17, 15) is 10.1 Å². The third-order valence-electron chi connectivity index (χ3n) is 2.71. The van der Waals surface area contributed by atoms with Crippen LogP contribution in [0.15, 0.2) is 42.5 Å². The van der Waals surface area contributed by atoms with Crippen molar-refractivity contribution in [3.63, 3.8) is 0 Å². The molecule has 0 aliphatic rings. The van der Waals surface area contributed by atoms with Crippen LogP contribution in [0.1, 0.15) is 11.1 Å². The number of benzene rings is 2. The number of halogens is 1. The molecular formula is C14H10ClN3O2. The predicted octanol–water partition coefficient (Wildman–Crippen LogP) is 3.73. The average Bonchev–Trinajstić information content (AvgIpc) is 2.45. The Hall–Kier alpha value is -2.58. The summed E-state index contributed by atoms with van der Waals surface area (Å²) in [5.41, 5.74) is 1.75. The zero-order valence-corrected chi connectivity index (χ0v) is 11.1. The van der Waals surface area contributed by atoms with E-state index in [-0.39, 0.29) is 12.2 Å². The fourth-order valence-corrected chi connectivity index (χ4v) is 1.96. The maximum absolute atomic E-state index is 10.9. The second-order valence-corrected chi connectivity index (χ2v) is 4.51. The van der Waals surface area contributed by atoms with Gasteiger partial charge >= 0.3 is 0 Å². The van der Waals surface area contributed by atoms with Crippen LogP contribution in [-0.4, -0.2) is 4.92 Å². The van der Waals surface area contributed by atoms with Gasteiger partial charge in [-0.3, -0.25) is 10.1 Å². The molecule has 0 saturated carbocycles. The number of rotatable bonds is 4. The molecule has 0 aliphatic carbocycles. The molecule has 0 spiro atoms. The third-order valence-corrected chi connectivity index (χ3v) is 2.95. The highest BCUT2D eigenvalue weighted by molar-refractivity contribution is 6.30. The molecule has 5 nitrogen and oxygen atoms in total. The quantitative estimate of drug-likeness (QED) is 0.686. The Balaban J connectivity index is 2.20. The number of anilines is 1. The normalized spacial score (nSPS) is 9.80. The minimum atomic E-state index is -0.445. The summed E-state index contributed by atoms with van der Waals surface area (Å²) in [6, 6.07) is 13.4. The van der Waals surface area contributed by atoms with Gasteiger partial charge in [-0.15, -0.1) is 0 Å². The minimum Gasteiger partial charge on any atom is -0.381 e. The topological polar surface area (TPSA) is 79.0 Å². The fourth-order valence-electron chi connectivity index (χ4n) is 1.77. The highest BCUT2D eigenvalue weighted by Crippen LogP contribution is 2.23. The maximum Gasteiger partial charge on any atom is 0.274 e. The van der Waals surface area contributed by atoms with Crippen LogP contribution in [0.4, 0.5) is 11.4 Å². The average molecular weight is 288 g/mol. The molecule has 2 rings (SSSR count). The molecule has 0 aromatic heterocycles. The van der Waals surface area contributed by atoms with Crippen LogP contribution < -0.4 is 5.32 Å². The summed E-state index contributed by atoms with van der Waals surface area (Å²) in [7, 11) is 0. The van der Waals surface area contributed by atoms with E-state index < -0.39 is 4.92 Å². The summed E-state index contributed by atoms with van der Waals surface area (Å²) in [6.45, 7) is 0.256. The van der Waals surface area contributed by atoms with Gasteiger partial charge in [0.15, 0.2) is 0 Å². The van der Waals surface area contributed by atoms with Gasteiger partial charge in [0.2, 0.25) is 0 Å². The van der Waals surface area contributed by atoms with E-state index in [1.54, 1.807) is 30.3 Å². The van der Waals surface area contributed by atoms with E-state index in [0.717, 1.165) is 5.69 Å². The van der Waals surface area contributed by atoms with Gasteiger partial charge in [0.1, 0.15) is 0 Å². The monoisotopic (exact) mass is 287 g/mol. The molecule has 0 saturated heterocycles. The third kappa shape index (κ3) is 3.25. The summed E-state index contributed by atoms with van der Waals surface area (Å²) in [5.74, 6) is 0. The lowest BCUT2D eigenvalue weighted by Gasteiger charge is -2.07. The van der Waals surface area contributed by atoms with Crippen molar-refractivity contribution in [2.45, 2.75) is 6.54 Å². The molecule has 0 atom stereocenters. The van der Waals surface area contributed by atoms with E-state index in [0.29, 0.717) is 16.1 Å². The molecule has 1 N–H and O–H groups in total. The van der Waals surface area contributed by atoms with Crippen molar-refractivity contribution < 1.29 is 4.92 Å². The smallest absolute Gasteiger partial charge is 0.274 e. The number of hydrogen-bond acceptors (Lipinski definition) is 4. The molecular weight excluding hydrogens is 278 g/mol. The van der Waals surface area contributed by atoms with Gasteiger partial charge in [0, 0.05) is 23.3 Å². The molecule has 0 aliphatic heterocycles. The Morgan fingerprint density at radius 2 is 2.10 bits per heavy atom. The Labute approximate surface area is 120 Å². The molecule has 2 aromatic carbocycles. The van der Waals surface area contributed by atoms with Crippen molar-refractivity contribution in [1.29, 1.82) is 5.26 Å². The van der Waals surface area contributed by atoms with Crippen LogP contribution in [0.5, 0.6) is 0 Å². The van der Waals surface area contributed by atoms with Crippen LogP contribution in [0.2, 0.25) is 5.02 Å². The zero-order valence-electron chi connectivity index (χ0n) is 10.3. The number of nitro groups is 1. The minimum absolute atomic E-state index is 0.0123. The van der Waals surface area contributed by atoms with Crippen LogP contribution in [0, 0.1) is 21.4 Å². The first-order valence-corrected chi connectivity index (χ1v) is 6.15. The largest absolute Gasteiger partial charge is 0.381 e. The van der Waals surface area contributed by atoms with Gasteiger partial charge in [-0.2, -0.15) is 5.26 Å². The van der Waals surface area contributed by atoms with E-state index in [2.05, 4.69) is 5.32 Å². The summed E-state index contributed by atoms with van der Waals surface area (Å²) in [5, 5.41) is 23.2. The molecule has 6 heteroatoms. The predicted molar refractivity (Wildman–Crippen MR) is 76.6 cm³/mol. The second kappa shape index (κ2) is 6.04. The first-order chi connectivity index (χ1) is 9.60. The van der Waals surface area contributed by atoms with Crippen LogP contribution in [-0.2, 0) is 6.54 Å². The lowest BCUT2D eigenvalue weighted by Crippen LogP contribution is -2.03. The van der Waals surface area contributed by atoms with Gasteiger partial charge in [0.25, 0.3) is 5.69 Å². The molecule has 0 amide bonds. The fraction of sp³-hybridized carbons (Fsp3) is 0.0714. The zero-order chi connectivity index (χ0) is 14.5. The standard InChI is InChI=1S/C14H10ClN3O2/c15-12-4-5-14(18(19)20)11(7-12)9-17-13-3-1-2-10(6-13)8-16/h1-7,17H,9H2. The summed E-state index contributed by atoms with van der Waals surface area (Å²) >= 11 is 5.86. The molecule has 0 unspecified atom stereocenters. The van der Waals surface area contributed by atoms with Crippen molar-refractivity contribution in [2.24, 2.45) is 0 Å². The number of nitrogens with zero attached hydrogens (tertiary/aromatic N) is 2. The van der Waals surface area contributed by atoms with E-state index in [4.69, 9.17) is 16.9 Å². The second-order valence-electron chi connectivity index (χ2n) is 4.08. The van der Waals surface area contributed by atoms with E-state index in [1.807, 2.05) is 6.07 Å². The number of hydrogen-bond donors (Lipinski definition) is 1. The van der Waals surface area contributed by atoms with Crippen molar-refractivity contribution in [2.75, 3.05) is 5.32 Å². The number of nitriles is 1. The molecule has 0 fully saturated rings. The highest BCUT2D eigenvalue weighted by atomic mass is 35.5. The number of nitrogens with one attached hydrogen (secondary N) is 1. The Kier molecular flexibility index (Phi) is 4.18. The van der Waals surface area contributed by atoms with Gasteiger partial charge in [-0.25, -0.2) is 0 Å².